The predicted molar refractivity (Wildman–Crippen MR) is 122 cm³/mol. The largest absolute Gasteiger partial charge is 0.477 e. The van der Waals surface area contributed by atoms with Crippen molar-refractivity contribution < 1.29 is 19.2 Å². The van der Waals surface area contributed by atoms with Crippen molar-refractivity contribution in [2.45, 2.75) is 45.8 Å². The van der Waals surface area contributed by atoms with E-state index in [4.69, 9.17) is 4.74 Å². The van der Waals surface area contributed by atoms with Crippen LogP contribution in [0.3, 0.4) is 0 Å². The van der Waals surface area contributed by atoms with E-state index >= 15 is 0 Å². The lowest BCUT2D eigenvalue weighted by atomic mass is 10.1. The third kappa shape index (κ3) is 5.35. The van der Waals surface area contributed by atoms with Crippen molar-refractivity contribution in [3.63, 3.8) is 0 Å². The van der Waals surface area contributed by atoms with E-state index in [9.17, 15) is 19.7 Å². The molecule has 0 saturated carbocycles. The van der Waals surface area contributed by atoms with Crippen molar-refractivity contribution in [1.29, 1.82) is 0 Å². The minimum Gasteiger partial charge on any atom is -0.477 e. The Hall–Kier alpha value is -3.62. The summed E-state index contributed by atoms with van der Waals surface area (Å²) >= 11 is 0. The number of fused-ring (bicyclic) bond motifs is 1. The first-order chi connectivity index (χ1) is 15.3. The highest BCUT2D eigenvalue weighted by molar-refractivity contribution is 5.95. The maximum Gasteiger partial charge on any atom is 0.274 e. The molecule has 0 spiro atoms. The SMILES string of the molecule is CCC(CC)NC(=O)C1CN(CC(=O)Nc2ccc(C)c([N+](=O)[O-])c2)c2ccccc2O1. The first kappa shape index (κ1) is 23.1. The van der Waals surface area contributed by atoms with Gasteiger partial charge in [-0.1, -0.05) is 32.0 Å². The first-order valence-corrected chi connectivity index (χ1v) is 10.7. The summed E-state index contributed by atoms with van der Waals surface area (Å²) in [5, 5.41) is 16.9. The average Bonchev–Trinajstić information content (AvgIpc) is 2.78. The fourth-order valence-electron chi connectivity index (χ4n) is 3.64. The van der Waals surface area contributed by atoms with Gasteiger partial charge in [-0.3, -0.25) is 19.7 Å². The molecular formula is C23H28N4O5. The van der Waals surface area contributed by atoms with Crippen LogP contribution in [0.15, 0.2) is 42.5 Å². The van der Waals surface area contributed by atoms with E-state index in [1.165, 1.54) is 6.07 Å². The zero-order valence-electron chi connectivity index (χ0n) is 18.5. The fourth-order valence-corrected chi connectivity index (χ4v) is 3.64. The maximum atomic E-state index is 12.8. The van der Waals surface area contributed by atoms with Crippen molar-refractivity contribution in [2.24, 2.45) is 0 Å². The molecule has 1 aliphatic heterocycles. The van der Waals surface area contributed by atoms with E-state index in [1.807, 2.05) is 32.0 Å². The highest BCUT2D eigenvalue weighted by Crippen LogP contribution is 2.33. The highest BCUT2D eigenvalue weighted by atomic mass is 16.6. The van der Waals surface area contributed by atoms with Gasteiger partial charge in [-0.25, -0.2) is 0 Å². The summed E-state index contributed by atoms with van der Waals surface area (Å²) in [6, 6.07) is 11.9. The van der Waals surface area contributed by atoms with Crippen LogP contribution in [0.5, 0.6) is 5.75 Å². The molecule has 2 aromatic rings. The molecule has 1 heterocycles. The Balaban J connectivity index is 1.74. The number of nitro groups is 1. The molecule has 1 unspecified atom stereocenters. The molecule has 3 rings (SSSR count). The predicted octanol–water partition coefficient (Wildman–Crippen LogP) is 3.41. The van der Waals surface area contributed by atoms with Gasteiger partial charge in [-0.05, 0) is 38.0 Å². The Morgan fingerprint density at radius 1 is 1.22 bits per heavy atom. The molecule has 2 aromatic carbocycles. The molecule has 0 radical (unpaired) electrons. The molecule has 32 heavy (non-hydrogen) atoms. The second kappa shape index (κ2) is 10.1. The Bertz CT molecular complexity index is 1010. The minimum atomic E-state index is -0.751. The van der Waals surface area contributed by atoms with Crippen LogP contribution in [0.2, 0.25) is 0 Å². The zero-order chi connectivity index (χ0) is 23.3. The van der Waals surface area contributed by atoms with Crippen molar-refractivity contribution in [3.05, 3.63) is 58.1 Å². The number of para-hydroxylation sites is 2. The second-order valence-electron chi connectivity index (χ2n) is 7.78. The van der Waals surface area contributed by atoms with Gasteiger partial charge in [0.1, 0.15) is 5.75 Å². The number of hydrogen-bond donors (Lipinski definition) is 2. The van der Waals surface area contributed by atoms with Crippen LogP contribution in [-0.4, -0.2) is 42.0 Å². The highest BCUT2D eigenvalue weighted by Gasteiger charge is 2.32. The van der Waals surface area contributed by atoms with Crippen molar-refractivity contribution in [1.82, 2.24) is 5.32 Å². The molecule has 0 aromatic heterocycles. The summed E-state index contributed by atoms with van der Waals surface area (Å²) in [5.74, 6) is -0.0333. The van der Waals surface area contributed by atoms with E-state index in [0.717, 1.165) is 12.8 Å². The number of anilines is 2. The molecule has 0 saturated heterocycles. The van der Waals surface area contributed by atoms with Gasteiger partial charge >= 0.3 is 0 Å². The number of ether oxygens (including phenoxy) is 1. The van der Waals surface area contributed by atoms with Gasteiger partial charge in [-0.2, -0.15) is 0 Å². The Kier molecular flexibility index (Phi) is 7.29. The number of benzene rings is 2. The zero-order valence-corrected chi connectivity index (χ0v) is 18.5. The number of carbonyl (C=O) groups excluding carboxylic acids is 2. The Labute approximate surface area is 186 Å². The molecule has 2 N–H and O–H groups in total. The van der Waals surface area contributed by atoms with Crippen molar-refractivity contribution in [2.75, 3.05) is 23.3 Å². The third-order valence-corrected chi connectivity index (χ3v) is 5.51. The van der Waals surface area contributed by atoms with Gasteiger partial charge in [0, 0.05) is 23.4 Å². The molecule has 0 aliphatic carbocycles. The van der Waals surface area contributed by atoms with E-state index in [1.54, 1.807) is 30.0 Å². The molecular weight excluding hydrogens is 412 g/mol. The van der Waals surface area contributed by atoms with Gasteiger partial charge in [0.05, 0.1) is 23.7 Å². The summed E-state index contributed by atoms with van der Waals surface area (Å²) < 4.78 is 5.91. The van der Waals surface area contributed by atoms with Crippen LogP contribution < -0.4 is 20.3 Å². The summed E-state index contributed by atoms with van der Waals surface area (Å²) in [4.78, 5) is 38.0. The monoisotopic (exact) mass is 440 g/mol. The van der Waals surface area contributed by atoms with E-state index in [0.29, 0.717) is 22.7 Å². The Morgan fingerprint density at radius 3 is 2.62 bits per heavy atom. The molecule has 9 nitrogen and oxygen atoms in total. The smallest absolute Gasteiger partial charge is 0.274 e. The first-order valence-electron chi connectivity index (χ1n) is 10.7. The minimum absolute atomic E-state index is 0.0309. The number of carbonyl (C=O) groups is 2. The quantitative estimate of drug-likeness (QED) is 0.480. The lowest BCUT2D eigenvalue weighted by Gasteiger charge is -2.35. The molecule has 0 fully saturated rings. The molecule has 0 bridgehead atoms. The van der Waals surface area contributed by atoms with Crippen LogP contribution in [0.25, 0.3) is 0 Å². The molecule has 1 atom stereocenters. The lowest BCUT2D eigenvalue weighted by molar-refractivity contribution is -0.385. The van der Waals surface area contributed by atoms with Crippen LogP contribution in [0, 0.1) is 17.0 Å². The van der Waals surface area contributed by atoms with Crippen molar-refractivity contribution in [3.8, 4) is 5.75 Å². The number of rotatable bonds is 8. The maximum absolute atomic E-state index is 12.8. The topological polar surface area (TPSA) is 114 Å². The fraction of sp³-hybridized carbons (Fsp3) is 0.391. The second-order valence-corrected chi connectivity index (χ2v) is 7.78. The summed E-state index contributed by atoms with van der Waals surface area (Å²) in [6.45, 7) is 5.84. The van der Waals surface area contributed by atoms with Crippen LogP contribution in [-0.2, 0) is 9.59 Å². The molecule has 2 amide bonds. The van der Waals surface area contributed by atoms with Gasteiger partial charge in [0.25, 0.3) is 11.6 Å². The van der Waals surface area contributed by atoms with Crippen molar-refractivity contribution >= 4 is 28.9 Å². The van der Waals surface area contributed by atoms with E-state index < -0.39 is 11.0 Å². The number of aryl methyl sites for hydroxylation is 1. The van der Waals surface area contributed by atoms with Crippen LogP contribution in [0.4, 0.5) is 17.1 Å². The number of nitro benzene ring substituents is 1. The number of hydrogen-bond acceptors (Lipinski definition) is 6. The third-order valence-electron chi connectivity index (χ3n) is 5.51. The lowest BCUT2D eigenvalue weighted by Crippen LogP contribution is -2.52. The summed E-state index contributed by atoms with van der Waals surface area (Å²) in [7, 11) is 0. The van der Waals surface area contributed by atoms with Crippen LogP contribution in [0.1, 0.15) is 32.3 Å². The van der Waals surface area contributed by atoms with Gasteiger partial charge in [0.15, 0.2) is 6.10 Å². The number of nitrogens with one attached hydrogen (secondary N) is 2. The summed E-state index contributed by atoms with van der Waals surface area (Å²) in [6.07, 6.45) is 0.888. The van der Waals surface area contributed by atoms with Gasteiger partial charge < -0.3 is 20.3 Å². The molecule has 1 aliphatic rings. The Morgan fingerprint density at radius 2 is 1.94 bits per heavy atom. The number of amides is 2. The molecule has 9 heteroatoms. The standard InChI is InChI=1S/C23H28N4O5/c1-4-16(5-2)25-23(29)21-13-26(18-8-6-7-9-20(18)32-21)14-22(28)24-17-11-10-15(3)19(12-17)27(30)31/h6-12,16,21H,4-5,13-14H2,1-3H3,(H,24,28)(H,25,29). The number of nitrogens with zero attached hydrogens (tertiary/aromatic N) is 2. The average molecular weight is 441 g/mol. The van der Waals surface area contributed by atoms with Gasteiger partial charge in [0.2, 0.25) is 5.91 Å². The van der Waals surface area contributed by atoms with Gasteiger partial charge in [-0.15, -0.1) is 0 Å². The van der Waals surface area contributed by atoms with E-state index in [-0.39, 0.29) is 36.6 Å². The normalized spacial score (nSPS) is 15.0. The summed E-state index contributed by atoms with van der Waals surface area (Å²) in [5.41, 5.74) is 1.51. The molecule has 170 valence electrons. The van der Waals surface area contributed by atoms with Crippen LogP contribution >= 0.6 is 0 Å². The van der Waals surface area contributed by atoms with E-state index in [2.05, 4.69) is 10.6 Å².